The van der Waals surface area contributed by atoms with Crippen molar-refractivity contribution in [3.63, 3.8) is 0 Å². The van der Waals surface area contributed by atoms with Crippen molar-refractivity contribution in [3.05, 3.63) is 51.2 Å². The molecule has 0 aromatic carbocycles. The van der Waals surface area contributed by atoms with Crippen molar-refractivity contribution in [3.8, 4) is 0 Å². The summed E-state index contributed by atoms with van der Waals surface area (Å²) in [7, 11) is 0. The molecule has 0 aliphatic rings. The summed E-state index contributed by atoms with van der Waals surface area (Å²) in [6.07, 6.45) is 2.68. The van der Waals surface area contributed by atoms with Gasteiger partial charge in [-0.3, -0.25) is 14.3 Å². The lowest BCUT2D eigenvalue weighted by Crippen LogP contribution is -2.40. The molecule has 1 atom stereocenters. The van der Waals surface area contributed by atoms with E-state index >= 15 is 0 Å². The van der Waals surface area contributed by atoms with Crippen molar-refractivity contribution in [2.24, 2.45) is 5.92 Å². The molecular weight excluding hydrogens is 328 g/mol. The van der Waals surface area contributed by atoms with E-state index in [-0.39, 0.29) is 23.1 Å². The average Bonchev–Trinajstić information content (AvgIpc) is 2.83. The van der Waals surface area contributed by atoms with Crippen LogP contribution in [0.15, 0.2) is 23.1 Å². The van der Waals surface area contributed by atoms with Crippen molar-refractivity contribution in [2.75, 3.05) is 0 Å². The summed E-state index contributed by atoms with van der Waals surface area (Å²) in [5.41, 5.74) is 2.72. The maximum Gasteiger partial charge on any atom is 0.263 e. The molecule has 0 aliphatic carbocycles. The van der Waals surface area contributed by atoms with Crippen LogP contribution in [-0.2, 0) is 13.1 Å². The lowest BCUT2D eigenvalue weighted by atomic mass is 10.1. The van der Waals surface area contributed by atoms with Crippen molar-refractivity contribution in [2.45, 2.75) is 67.1 Å². The minimum atomic E-state index is -0.319. The lowest BCUT2D eigenvalue weighted by Gasteiger charge is -2.17. The Balaban J connectivity index is 2.14. The molecule has 0 spiro atoms. The predicted molar refractivity (Wildman–Crippen MR) is 104 cm³/mol. The van der Waals surface area contributed by atoms with Gasteiger partial charge in [0.25, 0.3) is 11.5 Å². The van der Waals surface area contributed by atoms with Crippen LogP contribution < -0.4 is 10.9 Å². The summed E-state index contributed by atoms with van der Waals surface area (Å²) < 4.78 is 3.51. The summed E-state index contributed by atoms with van der Waals surface area (Å²) in [4.78, 5) is 25.4. The first-order valence-electron chi connectivity index (χ1n) is 9.21. The SMILES string of the molecule is Cc1cc(C)n(CC(C)NC(=O)c2c(C)ccn(CCC(C)C)c2=O)n1. The Hall–Kier alpha value is -2.37. The highest BCUT2D eigenvalue weighted by molar-refractivity contribution is 5.95. The van der Waals surface area contributed by atoms with Crippen LogP contribution >= 0.6 is 0 Å². The predicted octanol–water partition coefficient (Wildman–Crippen LogP) is 2.83. The molecule has 0 fully saturated rings. The van der Waals surface area contributed by atoms with E-state index in [1.54, 1.807) is 17.7 Å². The first-order chi connectivity index (χ1) is 12.2. The van der Waals surface area contributed by atoms with E-state index in [0.717, 1.165) is 17.8 Å². The van der Waals surface area contributed by atoms with Gasteiger partial charge in [0.15, 0.2) is 0 Å². The number of aromatic nitrogens is 3. The first-order valence-corrected chi connectivity index (χ1v) is 9.21. The summed E-state index contributed by atoms with van der Waals surface area (Å²) in [5.74, 6) is 0.182. The van der Waals surface area contributed by atoms with Gasteiger partial charge in [-0.1, -0.05) is 13.8 Å². The van der Waals surface area contributed by atoms with E-state index in [0.29, 0.717) is 24.6 Å². The monoisotopic (exact) mass is 358 g/mol. The topological polar surface area (TPSA) is 68.9 Å². The molecule has 6 nitrogen and oxygen atoms in total. The lowest BCUT2D eigenvalue weighted by molar-refractivity contribution is 0.0933. The Morgan fingerprint density at radius 2 is 1.92 bits per heavy atom. The van der Waals surface area contributed by atoms with Crippen LogP contribution in [0.5, 0.6) is 0 Å². The fourth-order valence-corrected chi connectivity index (χ4v) is 2.98. The highest BCUT2D eigenvalue weighted by atomic mass is 16.2. The van der Waals surface area contributed by atoms with Crippen LogP contribution in [0.3, 0.4) is 0 Å². The average molecular weight is 358 g/mol. The van der Waals surface area contributed by atoms with Crippen LogP contribution in [0.25, 0.3) is 0 Å². The standard InChI is InChI=1S/C20H30N4O2/c1-13(2)7-9-23-10-8-14(3)18(20(23)26)19(25)21-16(5)12-24-17(6)11-15(4)22-24/h8,10-11,13,16H,7,9,12H2,1-6H3,(H,21,25). The molecule has 0 aliphatic heterocycles. The number of carbonyl (C=O) groups excluding carboxylic acids is 1. The van der Waals surface area contributed by atoms with Gasteiger partial charge in [0.1, 0.15) is 5.56 Å². The number of nitrogens with zero attached hydrogens (tertiary/aromatic N) is 3. The van der Waals surface area contributed by atoms with Crippen LogP contribution in [0, 0.1) is 26.7 Å². The molecule has 0 saturated heterocycles. The molecule has 26 heavy (non-hydrogen) atoms. The molecule has 2 rings (SSSR count). The van der Waals surface area contributed by atoms with E-state index in [1.165, 1.54) is 0 Å². The van der Waals surface area contributed by atoms with Crippen molar-refractivity contribution < 1.29 is 4.79 Å². The number of rotatable bonds is 7. The number of carbonyl (C=O) groups is 1. The molecule has 6 heteroatoms. The van der Waals surface area contributed by atoms with E-state index in [9.17, 15) is 9.59 Å². The molecule has 1 amide bonds. The van der Waals surface area contributed by atoms with Gasteiger partial charge in [-0.25, -0.2) is 0 Å². The molecule has 2 heterocycles. The van der Waals surface area contributed by atoms with Crippen molar-refractivity contribution in [1.29, 1.82) is 0 Å². The molecule has 1 N–H and O–H groups in total. The second-order valence-electron chi connectivity index (χ2n) is 7.54. The second kappa shape index (κ2) is 8.34. The van der Waals surface area contributed by atoms with Gasteiger partial charge in [-0.2, -0.15) is 5.10 Å². The fraction of sp³-hybridized carbons (Fsp3) is 0.550. The highest BCUT2D eigenvalue weighted by Gasteiger charge is 2.18. The number of pyridine rings is 1. The van der Waals surface area contributed by atoms with Crippen molar-refractivity contribution in [1.82, 2.24) is 19.7 Å². The van der Waals surface area contributed by atoms with E-state index in [1.807, 2.05) is 37.6 Å². The Morgan fingerprint density at radius 1 is 1.23 bits per heavy atom. The molecule has 142 valence electrons. The quantitative estimate of drug-likeness (QED) is 0.827. The second-order valence-corrected chi connectivity index (χ2v) is 7.54. The van der Waals surface area contributed by atoms with Gasteiger partial charge in [0.2, 0.25) is 0 Å². The number of hydrogen-bond donors (Lipinski definition) is 1. The number of aryl methyl sites for hydroxylation is 4. The number of amides is 1. The third kappa shape index (κ3) is 4.84. The van der Waals surface area contributed by atoms with Gasteiger partial charge in [-0.15, -0.1) is 0 Å². The highest BCUT2D eigenvalue weighted by Crippen LogP contribution is 2.07. The van der Waals surface area contributed by atoms with E-state index in [2.05, 4.69) is 24.3 Å². The van der Waals surface area contributed by atoms with E-state index < -0.39 is 0 Å². The Labute approximate surface area is 155 Å². The third-order valence-electron chi connectivity index (χ3n) is 4.48. The zero-order valence-electron chi connectivity index (χ0n) is 16.7. The first kappa shape index (κ1) is 19.9. The largest absolute Gasteiger partial charge is 0.348 e. The number of hydrogen-bond acceptors (Lipinski definition) is 3. The Kier molecular flexibility index (Phi) is 6.40. The van der Waals surface area contributed by atoms with Crippen LogP contribution in [0.2, 0.25) is 0 Å². The zero-order valence-corrected chi connectivity index (χ0v) is 16.7. The maximum atomic E-state index is 12.7. The zero-order chi connectivity index (χ0) is 19.4. The van der Waals surface area contributed by atoms with Gasteiger partial charge in [-0.05, 0) is 57.7 Å². The van der Waals surface area contributed by atoms with Crippen LogP contribution in [-0.4, -0.2) is 26.3 Å². The third-order valence-corrected chi connectivity index (χ3v) is 4.48. The summed E-state index contributed by atoms with van der Waals surface area (Å²) in [6.45, 7) is 13.1. The van der Waals surface area contributed by atoms with E-state index in [4.69, 9.17) is 0 Å². The summed E-state index contributed by atoms with van der Waals surface area (Å²) >= 11 is 0. The Bertz CT molecular complexity index is 833. The van der Waals surface area contributed by atoms with Crippen molar-refractivity contribution >= 4 is 5.91 Å². The molecule has 2 aromatic rings. The minimum absolute atomic E-state index is 0.136. The Morgan fingerprint density at radius 3 is 2.50 bits per heavy atom. The number of nitrogens with one attached hydrogen (secondary N) is 1. The van der Waals surface area contributed by atoms with Gasteiger partial charge >= 0.3 is 0 Å². The molecule has 0 radical (unpaired) electrons. The van der Waals surface area contributed by atoms with Crippen LogP contribution in [0.1, 0.15) is 54.5 Å². The minimum Gasteiger partial charge on any atom is -0.348 e. The molecular formula is C20H30N4O2. The molecule has 2 aromatic heterocycles. The molecule has 0 saturated carbocycles. The molecule has 0 bridgehead atoms. The summed E-state index contributed by atoms with van der Waals surface area (Å²) in [6, 6.07) is 3.70. The van der Waals surface area contributed by atoms with Gasteiger partial charge in [0.05, 0.1) is 12.2 Å². The van der Waals surface area contributed by atoms with Crippen LogP contribution in [0.4, 0.5) is 0 Å². The fourth-order valence-electron chi connectivity index (χ4n) is 2.98. The van der Waals surface area contributed by atoms with Gasteiger partial charge < -0.3 is 9.88 Å². The van der Waals surface area contributed by atoms with Gasteiger partial charge in [0, 0.05) is 24.5 Å². The normalized spacial score (nSPS) is 12.4. The maximum absolute atomic E-state index is 12.7. The molecule has 1 unspecified atom stereocenters. The summed E-state index contributed by atoms with van der Waals surface area (Å²) in [5, 5.41) is 7.36. The smallest absolute Gasteiger partial charge is 0.263 e.